The van der Waals surface area contributed by atoms with E-state index in [4.69, 9.17) is 15.3 Å². The molecule has 0 spiro atoms. The number of hydrogen-bond acceptors (Lipinski definition) is 4. The van der Waals surface area contributed by atoms with Crippen LogP contribution >= 0.6 is 0 Å². The van der Waals surface area contributed by atoms with Crippen LogP contribution < -0.4 is 9.67 Å². The van der Waals surface area contributed by atoms with E-state index in [9.17, 15) is 14.6 Å². The van der Waals surface area contributed by atoms with Crippen molar-refractivity contribution in [3.05, 3.63) is 30.1 Å². The summed E-state index contributed by atoms with van der Waals surface area (Å²) in [5, 5.41) is 34.3. The number of ether oxygens (including phenoxy) is 1. The molecule has 98 valence electrons. The van der Waals surface area contributed by atoms with Crippen molar-refractivity contribution in [1.82, 2.24) is 0 Å². The lowest BCUT2D eigenvalue weighted by atomic mass is 10.1. The van der Waals surface area contributed by atoms with Gasteiger partial charge in [0.15, 0.2) is 25.1 Å². The second-order valence-electron chi connectivity index (χ2n) is 4.07. The van der Waals surface area contributed by atoms with Crippen molar-refractivity contribution in [2.75, 3.05) is 6.61 Å². The standard InChI is InChI=1S/C11H13FN2O4/c12-8-9(16)7(5-15)18-11(8)14-3-1-6(2-4-14)10(13)17/h1-4,7-9,11,15-16H,5H2,(H-,13,17)/p+1/t7-,8+,9-,11-/m1/s1. The summed E-state index contributed by atoms with van der Waals surface area (Å²) in [5.41, 5.74) is 0.192. The van der Waals surface area contributed by atoms with E-state index in [-0.39, 0.29) is 12.2 Å². The van der Waals surface area contributed by atoms with E-state index in [1.807, 2.05) is 0 Å². The van der Waals surface area contributed by atoms with E-state index in [1.54, 1.807) is 0 Å². The first-order valence-corrected chi connectivity index (χ1v) is 5.43. The highest BCUT2D eigenvalue weighted by atomic mass is 19.1. The lowest BCUT2D eigenvalue weighted by molar-refractivity contribution is -0.764. The summed E-state index contributed by atoms with van der Waals surface area (Å²) < 4.78 is 20.4. The smallest absolute Gasteiger partial charge is 0.297 e. The molecular formula is C11H14FN2O4+. The monoisotopic (exact) mass is 257 g/mol. The highest BCUT2D eigenvalue weighted by Crippen LogP contribution is 2.27. The van der Waals surface area contributed by atoms with Gasteiger partial charge in [-0.25, -0.2) is 4.39 Å². The predicted octanol–water partition coefficient (Wildman–Crippen LogP) is -2.02. The van der Waals surface area contributed by atoms with Gasteiger partial charge in [-0.15, -0.1) is 0 Å². The zero-order valence-corrected chi connectivity index (χ0v) is 9.41. The zero-order chi connectivity index (χ0) is 13.3. The minimum Gasteiger partial charge on any atom is -0.859 e. The number of hydrogen-bond donors (Lipinski definition) is 2. The number of pyridine rings is 1. The van der Waals surface area contributed by atoms with Crippen LogP contribution in [0, 0.1) is 5.41 Å². The molecule has 0 aromatic carbocycles. The molecule has 4 atom stereocenters. The number of halogens is 1. The largest absolute Gasteiger partial charge is 0.859 e. The van der Waals surface area contributed by atoms with Gasteiger partial charge in [-0.05, 0) is 11.5 Å². The number of alkyl halides is 1. The highest BCUT2D eigenvalue weighted by Gasteiger charge is 2.50. The maximum Gasteiger partial charge on any atom is 0.297 e. The molecule has 2 rings (SSSR count). The number of aromatic nitrogens is 1. The fourth-order valence-corrected chi connectivity index (χ4v) is 1.87. The van der Waals surface area contributed by atoms with Crippen LogP contribution in [-0.2, 0) is 4.74 Å². The van der Waals surface area contributed by atoms with Gasteiger partial charge >= 0.3 is 0 Å². The van der Waals surface area contributed by atoms with Gasteiger partial charge in [-0.2, -0.15) is 4.57 Å². The van der Waals surface area contributed by atoms with Gasteiger partial charge in [-0.3, -0.25) is 0 Å². The number of rotatable bonds is 3. The number of aliphatic hydroxyl groups excluding tert-OH is 1. The van der Waals surface area contributed by atoms with Gasteiger partial charge in [0.2, 0.25) is 6.17 Å². The first-order chi connectivity index (χ1) is 8.54. The molecular weight excluding hydrogens is 243 g/mol. The summed E-state index contributed by atoms with van der Waals surface area (Å²) in [6.07, 6.45) is -1.98. The maximum atomic E-state index is 13.8. The third-order valence-electron chi connectivity index (χ3n) is 2.90. The first kappa shape index (κ1) is 12.9. The molecule has 1 aromatic rings. The van der Waals surface area contributed by atoms with Gasteiger partial charge < -0.3 is 25.5 Å². The SMILES string of the molecule is N=C([O-])c1cc[n+]([C@@H]2O[C@H](C[OH2+])[C@@H](O)[C@@H]2F)cc1. The van der Waals surface area contributed by atoms with Crippen LogP contribution in [0.15, 0.2) is 24.5 Å². The molecule has 1 saturated heterocycles. The summed E-state index contributed by atoms with van der Waals surface area (Å²) in [6.45, 7) is -0.220. The molecule has 1 fully saturated rings. The molecule has 0 aliphatic carbocycles. The molecule has 1 aliphatic heterocycles. The van der Waals surface area contributed by atoms with Gasteiger partial charge in [0.1, 0.15) is 6.10 Å². The van der Waals surface area contributed by atoms with Crippen LogP contribution in [0.4, 0.5) is 4.39 Å². The van der Waals surface area contributed by atoms with Crippen LogP contribution in [0.25, 0.3) is 0 Å². The molecule has 0 radical (unpaired) electrons. The number of nitrogens with zero attached hydrogens (tertiary/aromatic N) is 1. The van der Waals surface area contributed by atoms with E-state index >= 15 is 0 Å². The van der Waals surface area contributed by atoms with Crippen molar-refractivity contribution in [3.8, 4) is 0 Å². The van der Waals surface area contributed by atoms with E-state index in [0.717, 1.165) is 0 Å². The lowest BCUT2D eigenvalue weighted by Gasteiger charge is -2.09. The van der Waals surface area contributed by atoms with Crippen LogP contribution in [-0.4, -0.2) is 41.1 Å². The topological polar surface area (TPSA) is 103 Å². The molecule has 0 amide bonds. The fourth-order valence-electron chi connectivity index (χ4n) is 1.87. The zero-order valence-electron chi connectivity index (χ0n) is 9.41. The third kappa shape index (κ3) is 2.20. The van der Waals surface area contributed by atoms with Crippen molar-refractivity contribution < 1.29 is 29.0 Å². The Hall–Kier alpha value is -1.57. The van der Waals surface area contributed by atoms with E-state index in [0.29, 0.717) is 0 Å². The van der Waals surface area contributed by atoms with E-state index in [1.165, 1.54) is 29.1 Å². The normalized spacial score (nSPS) is 31.5. The summed E-state index contributed by atoms with van der Waals surface area (Å²) in [6, 6.07) is 2.76. The van der Waals surface area contributed by atoms with Crippen LogP contribution in [0.5, 0.6) is 0 Å². The Labute approximate surface area is 102 Å². The Morgan fingerprint density at radius 2 is 2.17 bits per heavy atom. The Bertz CT molecular complexity index is 439. The van der Waals surface area contributed by atoms with Gasteiger partial charge in [0.25, 0.3) is 6.23 Å². The lowest BCUT2D eigenvalue weighted by Crippen LogP contribution is -2.44. The van der Waals surface area contributed by atoms with E-state index in [2.05, 4.69) is 0 Å². The van der Waals surface area contributed by atoms with Crippen molar-refractivity contribution in [3.63, 3.8) is 0 Å². The average molecular weight is 257 g/mol. The minimum atomic E-state index is -1.62. The molecule has 1 aliphatic rings. The van der Waals surface area contributed by atoms with E-state index < -0.39 is 30.5 Å². The van der Waals surface area contributed by atoms with Crippen LogP contribution in [0.2, 0.25) is 0 Å². The van der Waals surface area contributed by atoms with Crippen molar-refractivity contribution in [2.45, 2.75) is 24.6 Å². The average Bonchev–Trinajstić information content (AvgIpc) is 2.66. The molecule has 1 aromatic heterocycles. The van der Waals surface area contributed by atoms with Crippen molar-refractivity contribution in [1.29, 1.82) is 5.41 Å². The summed E-state index contributed by atoms with van der Waals surface area (Å²) in [4.78, 5) is 0. The van der Waals surface area contributed by atoms with Gasteiger partial charge in [0, 0.05) is 12.1 Å². The highest BCUT2D eigenvalue weighted by molar-refractivity contribution is 5.87. The third-order valence-corrected chi connectivity index (χ3v) is 2.90. The predicted molar refractivity (Wildman–Crippen MR) is 56.8 cm³/mol. The maximum absolute atomic E-state index is 13.8. The van der Waals surface area contributed by atoms with Crippen molar-refractivity contribution in [2.24, 2.45) is 0 Å². The number of nitrogens with one attached hydrogen (secondary N) is 1. The Balaban J connectivity index is 2.19. The van der Waals surface area contributed by atoms with Crippen molar-refractivity contribution >= 4 is 5.90 Å². The first-order valence-electron chi connectivity index (χ1n) is 5.43. The molecule has 0 saturated carbocycles. The molecule has 0 bridgehead atoms. The summed E-state index contributed by atoms with van der Waals surface area (Å²) in [7, 11) is 0. The van der Waals surface area contributed by atoms with Crippen LogP contribution in [0.3, 0.4) is 0 Å². The summed E-state index contributed by atoms with van der Waals surface area (Å²) in [5.74, 6) is -0.824. The Morgan fingerprint density at radius 3 is 2.61 bits per heavy atom. The molecule has 18 heavy (non-hydrogen) atoms. The molecule has 0 unspecified atom stereocenters. The Kier molecular flexibility index (Phi) is 3.55. The second-order valence-corrected chi connectivity index (χ2v) is 4.07. The van der Waals surface area contributed by atoms with Gasteiger partial charge in [0.05, 0.1) is 0 Å². The molecule has 2 heterocycles. The molecule has 4 N–H and O–H groups in total. The molecule has 7 heteroatoms. The van der Waals surface area contributed by atoms with Gasteiger partial charge in [-0.1, -0.05) is 0 Å². The quantitative estimate of drug-likeness (QED) is 0.283. The fraction of sp³-hybridized carbons (Fsp3) is 0.455. The minimum absolute atomic E-state index is 0.192. The second kappa shape index (κ2) is 4.97. The summed E-state index contributed by atoms with van der Waals surface area (Å²) >= 11 is 0. The van der Waals surface area contributed by atoms with Crippen LogP contribution in [0.1, 0.15) is 11.8 Å². The number of aliphatic hydroxyl groups is 1. The Morgan fingerprint density at radius 1 is 1.56 bits per heavy atom. The molecule has 6 nitrogen and oxygen atoms in total.